The van der Waals surface area contributed by atoms with Crippen LogP contribution in [0.1, 0.15) is 27.2 Å². The third-order valence-electron chi connectivity index (χ3n) is 4.65. The number of rotatable bonds is 5. The number of carbonyl (C=O) groups is 1. The summed E-state index contributed by atoms with van der Waals surface area (Å²) < 4.78 is 92.6. The Morgan fingerprint density at radius 2 is 1.82 bits per heavy atom. The monoisotopic (exact) mass is 500 g/mol. The molecule has 1 atom stereocenters. The van der Waals surface area contributed by atoms with Crippen LogP contribution in [0.4, 0.5) is 27.6 Å². The Bertz CT molecular complexity index is 1390. The van der Waals surface area contributed by atoms with Crippen LogP contribution in [0.3, 0.4) is 0 Å². The quantitative estimate of drug-likeness (QED) is 0.357. The van der Waals surface area contributed by atoms with E-state index in [4.69, 9.17) is 9.52 Å². The molecule has 0 aliphatic rings. The van der Waals surface area contributed by atoms with Crippen molar-refractivity contribution in [1.82, 2.24) is 9.97 Å². The molecule has 7 nitrogen and oxygen atoms in total. The minimum absolute atomic E-state index is 0.0499. The number of anilines is 1. The molecule has 13 heteroatoms. The molecule has 0 saturated carbocycles. The molecule has 0 saturated heterocycles. The van der Waals surface area contributed by atoms with Crippen LogP contribution < -0.4 is 10.1 Å². The van der Waals surface area contributed by atoms with E-state index in [1.54, 1.807) is 0 Å². The molecule has 0 aliphatic carbocycles. The van der Waals surface area contributed by atoms with Crippen LogP contribution in [0, 0.1) is 30.4 Å². The number of alkyl halides is 3. The number of benzene rings is 1. The Kier molecular flexibility index (Phi) is 6.60. The maximum Gasteiger partial charge on any atom is 0.418 e. The molecule has 2 aromatic heterocycles. The third-order valence-corrected chi connectivity index (χ3v) is 5.81. The van der Waals surface area contributed by atoms with E-state index >= 15 is 0 Å². The number of halogens is 5. The minimum Gasteiger partial charge on any atom is -0.436 e. The fraction of sp³-hybridized carbons (Fsp3) is 0.190. The molecule has 180 valence electrons. The number of hydrogen-bond donors (Lipinski definition) is 2. The Labute approximate surface area is 191 Å². The van der Waals surface area contributed by atoms with Crippen molar-refractivity contribution in [2.24, 2.45) is 0 Å². The second-order valence-corrected chi connectivity index (χ2v) is 9.36. The van der Waals surface area contributed by atoms with E-state index in [0.717, 1.165) is 37.4 Å². The van der Waals surface area contributed by atoms with E-state index < -0.39 is 61.0 Å². The normalized spacial score (nSPS) is 13.3. The zero-order valence-corrected chi connectivity index (χ0v) is 18.7. The summed E-state index contributed by atoms with van der Waals surface area (Å²) in [5.41, 5.74) is -2.36. The van der Waals surface area contributed by atoms with Crippen LogP contribution in [0.25, 0.3) is 0 Å². The van der Waals surface area contributed by atoms with Crippen molar-refractivity contribution in [3.8, 4) is 11.6 Å². The van der Waals surface area contributed by atoms with Crippen molar-refractivity contribution in [3.63, 3.8) is 0 Å². The van der Waals surface area contributed by atoms with E-state index in [-0.39, 0.29) is 17.1 Å². The first-order chi connectivity index (χ1) is 15.7. The Hall–Kier alpha value is -3.61. The van der Waals surface area contributed by atoms with Gasteiger partial charge in [-0.15, -0.1) is 0 Å². The van der Waals surface area contributed by atoms with Gasteiger partial charge in [-0.25, -0.2) is 23.3 Å². The highest BCUT2D eigenvalue weighted by molar-refractivity contribution is 7.91. The zero-order valence-electron chi connectivity index (χ0n) is 17.9. The van der Waals surface area contributed by atoms with Gasteiger partial charge >= 0.3 is 6.18 Å². The maximum atomic E-state index is 13.9. The third kappa shape index (κ3) is 5.30. The van der Waals surface area contributed by atoms with E-state index in [1.807, 2.05) is 0 Å². The van der Waals surface area contributed by atoms with Crippen LogP contribution in [0.2, 0.25) is 0 Å². The van der Waals surface area contributed by atoms with Crippen molar-refractivity contribution < 1.29 is 35.7 Å². The van der Waals surface area contributed by atoms with Gasteiger partial charge in [0.2, 0.25) is 11.8 Å². The maximum absolute atomic E-state index is 13.9. The molecule has 34 heavy (non-hydrogen) atoms. The molecule has 1 aromatic carbocycles. The summed E-state index contributed by atoms with van der Waals surface area (Å²) in [4.78, 5) is 19.7. The summed E-state index contributed by atoms with van der Waals surface area (Å²) in [7, 11) is -3.50. The average molecular weight is 500 g/mol. The van der Waals surface area contributed by atoms with E-state index in [2.05, 4.69) is 15.3 Å². The van der Waals surface area contributed by atoms with Gasteiger partial charge in [0.1, 0.15) is 11.4 Å². The lowest BCUT2D eigenvalue weighted by atomic mass is 10.0. The van der Waals surface area contributed by atoms with E-state index in [0.29, 0.717) is 6.20 Å². The highest BCUT2D eigenvalue weighted by Crippen LogP contribution is 2.37. The average Bonchev–Trinajstić information content (AvgIpc) is 2.69. The summed E-state index contributed by atoms with van der Waals surface area (Å²) in [5.74, 6) is -3.41. The molecule has 0 radical (unpaired) electrons. The number of hydrogen-bond acceptors (Lipinski definition) is 6. The smallest absolute Gasteiger partial charge is 0.418 e. The molecule has 3 rings (SSSR count). The van der Waals surface area contributed by atoms with Gasteiger partial charge in [0.15, 0.2) is 5.75 Å². The summed E-state index contributed by atoms with van der Waals surface area (Å²) >= 11 is 0. The van der Waals surface area contributed by atoms with E-state index in [1.165, 1.54) is 13.0 Å². The lowest BCUT2D eigenvalue weighted by Crippen LogP contribution is -2.19. The first-order valence-corrected chi connectivity index (χ1v) is 11.4. The number of aryl methyl sites for hydroxylation is 1. The van der Waals surface area contributed by atoms with Crippen molar-refractivity contribution in [3.05, 3.63) is 70.7 Å². The summed E-state index contributed by atoms with van der Waals surface area (Å²) in [6, 6.07) is 5.04. The number of nitrogens with zero attached hydrogens (tertiary/aromatic N) is 2. The Balaban J connectivity index is 2.10. The van der Waals surface area contributed by atoms with Crippen molar-refractivity contribution >= 4 is 21.3 Å². The molecule has 3 aromatic rings. The number of ether oxygens (including phenoxy) is 1. The first-order valence-electron chi connectivity index (χ1n) is 9.41. The van der Waals surface area contributed by atoms with Crippen LogP contribution in [0.5, 0.6) is 11.6 Å². The highest BCUT2D eigenvalue weighted by atomic mass is 32.2. The SMILES string of the molecule is Cc1nc(F)ccc1Oc1ncc(C(F)(F)F)c(C)c1C(=O)Nc1ccc(F)c(S(C)(=N)=O)c1. The second-order valence-electron chi connectivity index (χ2n) is 7.24. The number of pyridine rings is 2. The fourth-order valence-electron chi connectivity index (χ4n) is 3.01. The summed E-state index contributed by atoms with van der Waals surface area (Å²) in [5, 5.41) is 2.29. The summed E-state index contributed by atoms with van der Waals surface area (Å²) in [6.45, 7) is 2.43. The number of amides is 1. The van der Waals surface area contributed by atoms with Gasteiger partial charge in [0.25, 0.3) is 5.91 Å². The van der Waals surface area contributed by atoms with Crippen LogP contribution in [-0.2, 0) is 15.9 Å². The van der Waals surface area contributed by atoms with Gasteiger partial charge in [-0.3, -0.25) is 4.79 Å². The molecule has 0 aliphatic heterocycles. The standard InChI is InChI=1S/C21H17F5N4O3S/c1-10-13(21(24,25)26)9-28-20(33-15-6-7-17(23)29-11(15)2)18(10)19(31)30-12-4-5-14(22)16(8-12)34(3,27)32/h4-9,27H,1-3H3,(H,30,31). The molecule has 0 spiro atoms. The van der Waals surface area contributed by atoms with Gasteiger partial charge in [-0.05, 0) is 49.7 Å². The predicted octanol–water partition coefficient (Wildman–Crippen LogP) is 5.47. The molecule has 2 N–H and O–H groups in total. The largest absolute Gasteiger partial charge is 0.436 e. The van der Waals surface area contributed by atoms with Crippen molar-refractivity contribution in [1.29, 1.82) is 4.78 Å². The van der Waals surface area contributed by atoms with Gasteiger partial charge in [0.05, 0.1) is 25.9 Å². The van der Waals surface area contributed by atoms with Gasteiger partial charge < -0.3 is 10.1 Å². The van der Waals surface area contributed by atoms with E-state index in [9.17, 15) is 31.0 Å². The molecule has 0 fully saturated rings. The first kappa shape index (κ1) is 25.0. The molecular weight excluding hydrogens is 483 g/mol. The molecular formula is C21H17F5N4O3S. The topological polar surface area (TPSA) is 105 Å². The highest BCUT2D eigenvalue weighted by Gasteiger charge is 2.36. The number of aromatic nitrogens is 2. The second kappa shape index (κ2) is 8.97. The minimum atomic E-state index is -4.83. The fourth-order valence-corrected chi connectivity index (χ4v) is 3.81. The van der Waals surface area contributed by atoms with Crippen LogP contribution in [-0.4, -0.2) is 26.3 Å². The number of carbonyl (C=O) groups excluding carboxylic acids is 1. The molecule has 1 unspecified atom stereocenters. The van der Waals surface area contributed by atoms with Crippen LogP contribution in [0.15, 0.2) is 41.4 Å². The lowest BCUT2D eigenvalue weighted by molar-refractivity contribution is -0.138. The molecule has 2 heterocycles. The Morgan fingerprint density at radius 3 is 2.41 bits per heavy atom. The van der Waals surface area contributed by atoms with Gasteiger partial charge in [-0.1, -0.05) is 0 Å². The van der Waals surface area contributed by atoms with Gasteiger partial charge in [-0.2, -0.15) is 17.6 Å². The number of nitrogens with one attached hydrogen (secondary N) is 2. The van der Waals surface area contributed by atoms with Gasteiger partial charge in [0, 0.05) is 18.1 Å². The van der Waals surface area contributed by atoms with Crippen LogP contribution >= 0.6 is 0 Å². The molecule has 0 bridgehead atoms. The zero-order chi connectivity index (χ0) is 25.4. The van der Waals surface area contributed by atoms with Crippen molar-refractivity contribution in [2.75, 3.05) is 11.6 Å². The molecule has 1 amide bonds. The summed E-state index contributed by atoms with van der Waals surface area (Å²) in [6.07, 6.45) is -3.36. The van der Waals surface area contributed by atoms with Crippen molar-refractivity contribution in [2.45, 2.75) is 24.9 Å². The Morgan fingerprint density at radius 1 is 1.15 bits per heavy atom. The predicted molar refractivity (Wildman–Crippen MR) is 112 cm³/mol. The lowest BCUT2D eigenvalue weighted by Gasteiger charge is -2.17.